The second-order valence-electron chi connectivity index (χ2n) is 7.34. The maximum absolute atomic E-state index is 14.4. The number of rotatable bonds is 5. The Morgan fingerprint density at radius 3 is 2.37 bits per heavy atom. The zero-order chi connectivity index (χ0) is 21.1. The van der Waals surface area contributed by atoms with E-state index in [0.29, 0.717) is 5.57 Å². The lowest BCUT2D eigenvalue weighted by Crippen LogP contribution is -2.40. The summed E-state index contributed by atoms with van der Waals surface area (Å²) in [6.45, 7) is 0.0879. The van der Waals surface area contributed by atoms with Crippen LogP contribution >= 0.6 is 0 Å². The molecule has 0 fully saturated rings. The number of nitrogens with zero attached hydrogens (tertiary/aromatic N) is 1. The normalized spacial score (nSPS) is 17.0. The van der Waals surface area contributed by atoms with Gasteiger partial charge in [-0.3, -0.25) is 4.79 Å². The quantitative estimate of drug-likeness (QED) is 0.677. The van der Waals surface area contributed by atoms with Gasteiger partial charge in [-0.05, 0) is 34.9 Å². The Hall–Kier alpha value is -3.31. The number of aliphatic hydroxyl groups is 1. The molecule has 0 spiro atoms. The minimum absolute atomic E-state index is 0.0879. The Bertz CT molecular complexity index is 1070. The minimum atomic E-state index is -1.23. The summed E-state index contributed by atoms with van der Waals surface area (Å²) in [5.41, 5.74) is 2.33. The first-order valence-corrected chi connectivity index (χ1v) is 9.76. The van der Waals surface area contributed by atoms with Crippen molar-refractivity contribution in [2.45, 2.75) is 18.6 Å². The summed E-state index contributed by atoms with van der Waals surface area (Å²) in [5.74, 6) is -1.54. The maximum atomic E-state index is 14.4. The fourth-order valence-corrected chi connectivity index (χ4v) is 3.79. The van der Waals surface area contributed by atoms with Crippen molar-refractivity contribution in [2.75, 3.05) is 6.54 Å². The minimum Gasteiger partial charge on any atom is -0.383 e. The van der Waals surface area contributed by atoms with Crippen molar-refractivity contribution in [3.63, 3.8) is 0 Å². The van der Waals surface area contributed by atoms with Gasteiger partial charge in [0.15, 0.2) is 0 Å². The Balaban J connectivity index is 1.64. The van der Waals surface area contributed by atoms with Crippen LogP contribution in [0.3, 0.4) is 0 Å². The molecule has 3 aromatic rings. The molecule has 5 heteroatoms. The molecule has 1 heterocycles. The molecule has 1 unspecified atom stereocenters. The van der Waals surface area contributed by atoms with Crippen molar-refractivity contribution in [3.8, 4) is 0 Å². The van der Waals surface area contributed by atoms with Gasteiger partial charge in [0.25, 0.3) is 5.91 Å². The Morgan fingerprint density at radius 1 is 1.00 bits per heavy atom. The molecule has 0 bridgehead atoms. The summed E-state index contributed by atoms with van der Waals surface area (Å²) in [6, 6.07) is 21.4. The fraction of sp³-hybridized carbons (Fsp3) is 0.160. The Labute approximate surface area is 173 Å². The highest BCUT2D eigenvalue weighted by Gasteiger charge is 2.34. The van der Waals surface area contributed by atoms with Crippen LogP contribution in [0.4, 0.5) is 8.78 Å². The predicted octanol–water partition coefficient (Wildman–Crippen LogP) is 4.54. The summed E-state index contributed by atoms with van der Waals surface area (Å²) >= 11 is 0. The highest BCUT2D eigenvalue weighted by Crippen LogP contribution is 2.36. The molecule has 30 heavy (non-hydrogen) atoms. The van der Waals surface area contributed by atoms with E-state index in [0.717, 1.165) is 29.3 Å². The smallest absolute Gasteiger partial charge is 0.252 e. The second-order valence-corrected chi connectivity index (χ2v) is 7.34. The molecule has 0 aliphatic carbocycles. The third-order valence-corrected chi connectivity index (χ3v) is 5.29. The second kappa shape index (κ2) is 8.59. The predicted molar refractivity (Wildman–Crippen MR) is 111 cm³/mol. The van der Waals surface area contributed by atoms with E-state index in [2.05, 4.69) is 0 Å². The van der Waals surface area contributed by atoms with E-state index in [1.807, 2.05) is 60.7 Å². The van der Waals surface area contributed by atoms with E-state index in [4.69, 9.17) is 0 Å². The first-order chi connectivity index (χ1) is 14.5. The van der Waals surface area contributed by atoms with Crippen LogP contribution in [-0.4, -0.2) is 28.6 Å². The van der Waals surface area contributed by atoms with Crippen molar-refractivity contribution >= 4 is 11.5 Å². The van der Waals surface area contributed by atoms with Crippen LogP contribution < -0.4 is 0 Å². The first kappa shape index (κ1) is 20.0. The lowest BCUT2D eigenvalue weighted by molar-refractivity contribution is -0.140. The Morgan fingerprint density at radius 2 is 1.67 bits per heavy atom. The molecule has 2 atom stereocenters. The van der Waals surface area contributed by atoms with E-state index >= 15 is 0 Å². The number of carbonyl (C=O) groups excluding carboxylic acids is 1. The van der Waals surface area contributed by atoms with Crippen LogP contribution in [0.2, 0.25) is 0 Å². The van der Waals surface area contributed by atoms with Gasteiger partial charge in [0.1, 0.15) is 17.7 Å². The molecule has 3 aromatic carbocycles. The van der Waals surface area contributed by atoms with Gasteiger partial charge in [-0.15, -0.1) is 0 Å². The SMILES string of the molecule is O=C([C@@H](O)Cc1ccccc1)N1CC(c2cc(F)ccc2F)=CC1c1ccccc1. The molecule has 0 aromatic heterocycles. The van der Waals surface area contributed by atoms with Gasteiger partial charge >= 0.3 is 0 Å². The van der Waals surface area contributed by atoms with Crippen molar-refractivity contribution in [1.82, 2.24) is 4.90 Å². The van der Waals surface area contributed by atoms with E-state index in [1.54, 1.807) is 6.08 Å². The molecule has 1 N–H and O–H groups in total. The third-order valence-electron chi connectivity index (χ3n) is 5.29. The molecule has 1 aliphatic rings. The zero-order valence-corrected chi connectivity index (χ0v) is 16.2. The molecular weight excluding hydrogens is 384 g/mol. The number of aliphatic hydroxyl groups excluding tert-OH is 1. The molecule has 0 saturated heterocycles. The highest BCUT2D eigenvalue weighted by atomic mass is 19.1. The van der Waals surface area contributed by atoms with E-state index in [1.165, 1.54) is 4.90 Å². The number of benzene rings is 3. The van der Waals surface area contributed by atoms with Crippen LogP contribution in [-0.2, 0) is 11.2 Å². The standard InChI is InChI=1S/C25H21F2NO2/c26-20-11-12-22(27)21(15-20)19-14-23(18-9-5-2-6-10-18)28(16-19)25(30)24(29)13-17-7-3-1-4-8-17/h1-12,14-15,23-24,29H,13,16H2/t23?,24-/m0/s1. The summed E-state index contributed by atoms with van der Waals surface area (Å²) in [6.07, 6.45) is 0.713. The summed E-state index contributed by atoms with van der Waals surface area (Å²) in [7, 11) is 0. The van der Waals surface area contributed by atoms with Gasteiger partial charge in [-0.25, -0.2) is 8.78 Å². The van der Waals surface area contributed by atoms with Crippen LogP contribution in [0.15, 0.2) is 84.9 Å². The monoisotopic (exact) mass is 405 g/mol. The van der Waals surface area contributed by atoms with E-state index in [9.17, 15) is 18.7 Å². The molecule has 1 aliphatic heterocycles. The van der Waals surface area contributed by atoms with Gasteiger partial charge in [0.2, 0.25) is 0 Å². The highest BCUT2D eigenvalue weighted by molar-refractivity contribution is 5.86. The molecular formula is C25H21F2NO2. The topological polar surface area (TPSA) is 40.5 Å². The van der Waals surface area contributed by atoms with Crippen LogP contribution in [0.25, 0.3) is 5.57 Å². The van der Waals surface area contributed by atoms with Crippen molar-refractivity contribution < 1.29 is 18.7 Å². The lowest BCUT2D eigenvalue weighted by Gasteiger charge is -2.27. The average molecular weight is 405 g/mol. The van der Waals surface area contributed by atoms with Crippen LogP contribution in [0.1, 0.15) is 22.7 Å². The molecule has 0 saturated carbocycles. The molecule has 3 nitrogen and oxygen atoms in total. The van der Waals surface area contributed by atoms with E-state index in [-0.39, 0.29) is 18.5 Å². The molecule has 0 radical (unpaired) electrons. The van der Waals surface area contributed by atoms with Gasteiger partial charge < -0.3 is 10.0 Å². The number of hydrogen-bond donors (Lipinski definition) is 1. The lowest BCUT2D eigenvalue weighted by atomic mass is 10.0. The average Bonchev–Trinajstić information content (AvgIpc) is 3.21. The number of halogens is 2. The third kappa shape index (κ3) is 4.16. The first-order valence-electron chi connectivity index (χ1n) is 9.76. The van der Waals surface area contributed by atoms with Crippen LogP contribution in [0.5, 0.6) is 0 Å². The largest absolute Gasteiger partial charge is 0.383 e. The summed E-state index contributed by atoms with van der Waals surface area (Å²) in [4.78, 5) is 14.7. The number of hydrogen-bond acceptors (Lipinski definition) is 2. The number of amides is 1. The molecule has 4 rings (SSSR count). The summed E-state index contributed by atoms with van der Waals surface area (Å²) < 4.78 is 28.1. The maximum Gasteiger partial charge on any atom is 0.252 e. The molecule has 1 amide bonds. The van der Waals surface area contributed by atoms with Crippen molar-refractivity contribution in [3.05, 3.63) is 113 Å². The van der Waals surface area contributed by atoms with Gasteiger partial charge in [0, 0.05) is 18.5 Å². The van der Waals surface area contributed by atoms with Crippen molar-refractivity contribution in [2.24, 2.45) is 0 Å². The Kier molecular flexibility index (Phi) is 5.72. The van der Waals surface area contributed by atoms with E-state index < -0.39 is 29.7 Å². The van der Waals surface area contributed by atoms with Gasteiger partial charge in [-0.1, -0.05) is 66.7 Å². The van der Waals surface area contributed by atoms with Gasteiger partial charge in [0.05, 0.1) is 6.04 Å². The zero-order valence-electron chi connectivity index (χ0n) is 16.2. The fourth-order valence-electron chi connectivity index (χ4n) is 3.79. The number of carbonyl (C=O) groups is 1. The summed E-state index contributed by atoms with van der Waals surface area (Å²) in [5, 5.41) is 10.6. The molecule has 152 valence electrons. The van der Waals surface area contributed by atoms with Crippen molar-refractivity contribution in [1.29, 1.82) is 0 Å². The van der Waals surface area contributed by atoms with Gasteiger partial charge in [-0.2, -0.15) is 0 Å². The van der Waals surface area contributed by atoms with Crippen LogP contribution in [0, 0.1) is 11.6 Å².